The molecular formula is C12H25NO2. The maximum atomic E-state index is 9.34. The van der Waals surface area contributed by atoms with Gasteiger partial charge in [-0.1, -0.05) is 13.8 Å². The third-order valence-corrected chi connectivity index (χ3v) is 3.81. The van der Waals surface area contributed by atoms with Gasteiger partial charge in [0, 0.05) is 6.04 Å². The second kappa shape index (κ2) is 5.83. The molecule has 3 N–H and O–H groups in total. The van der Waals surface area contributed by atoms with Crippen molar-refractivity contribution in [1.82, 2.24) is 5.32 Å². The van der Waals surface area contributed by atoms with Crippen molar-refractivity contribution < 1.29 is 10.2 Å². The van der Waals surface area contributed by atoms with Crippen molar-refractivity contribution in [2.75, 3.05) is 13.2 Å². The van der Waals surface area contributed by atoms with Crippen LogP contribution in [0.5, 0.6) is 0 Å². The third-order valence-electron chi connectivity index (χ3n) is 3.81. The zero-order chi connectivity index (χ0) is 11.3. The number of rotatable bonds is 5. The van der Waals surface area contributed by atoms with Gasteiger partial charge < -0.3 is 15.5 Å². The Labute approximate surface area is 92.9 Å². The van der Waals surface area contributed by atoms with Gasteiger partial charge in [0.1, 0.15) is 0 Å². The van der Waals surface area contributed by atoms with Gasteiger partial charge in [-0.05, 0) is 38.0 Å². The molecule has 1 rings (SSSR count). The lowest BCUT2D eigenvalue weighted by Crippen LogP contribution is -2.56. The Morgan fingerprint density at radius 2 is 1.67 bits per heavy atom. The van der Waals surface area contributed by atoms with E-state index < -0.39 is 5.54 Å². The molecule has 0 unspecified atom stereocenters. The maximum Gasteiger partial charge on any atom is 0.0647 e. The standard InChI is InChI=1S/C12H25NO2/c1-3-12(8-14,9-15)13-11-6-4-10(2)5-7-11/h10-11,13-15H,3-9H2,1-2H3. The summed E-state index contributed by atoms with van der Waals surface area (Å²) in [5.74, 6) is 0.835. The lowest BCUT2D eigenvalue weighted by atomic mass is 9.85. The summed E-state index contributed by atoms with van der Waals surface area (Å²) < 4.78 is 0. The van der Waals surface area contributed by atoms with Crippen LogP contribution in [0.2, 0.25) is 0 Å². The highest BCUT2D eigenvalue weighted by atomic mass is 16.3. The van der Waals surface area contributed by atoms with E-state index in [-0.39, 0.29) is 13.2 Å². The van der Waals surface area contributed by atoms with Crippen LogP contribution in [0.3, 0.4) is 0 Å². The Kier molecular flexibility index (Phi) is 5.03. The van der Waals surface area contributed by atoms with Crippen LogP contribution in [-0.4, -0.2) is 35.0 Å². The summed E-state index contributed by atoms with van der Waals surface area (Å²) >= 11 is 0. The monoisotopic (exact) mass is 215 g/mol. The SMILES string of the molecule is CCC(CO)(CO)NC1CCC(C)CC1. The fourth-order valence-corrected chi connectivity index (χ4v) is 2.30. The fraction of sp³-hybridized carbons (Fsp3) is 1.00. The molecule has 0 aromatic carbocycles. The Morgan fingerprint density at radius 3 is 2.07 bits per heavy atom. The molecule has 0 spiro atoms. The van der Waals surface area contributed by atoms with E-state index in [4.69, 9.17) is 0 Å². The van der Waals surface area contributed by atoms with E-state index in [0.717, 1.165) is 12.3 Å². The fourth-order valence-electron chi connectivity index (χ4n) is 2.30. The minimum absolute atomic E-state index is 0.0199. The molecule has 0 aromatic heterocycles. The van der Waals surface area contributed by atoms with Crippen LogP contribution in [0, 0.1) is 5.92 Å². The molecule has 0 aliphatic heterocycles. The molecule has 0 radical (unpaired) electrons. The van der Waals surface area contributed by atoms with E-state index >= 15 is 0 Å². The normalized spacial score (nSPS) is 28.0. The van der Waals surface area contributed by atoms with E-state index in [1.807, 2.05) is 6.92 Å². The van der Waals surface area contributed by atoms with Crippen molar-refractivity contribution >= 4 is 0 Å². The Morgan fingerprint density at radius 1 is 1.13 bits per heavy atom. The zero-order valence-corrected chi connectivity index (χ0v) is 10.00. The summed E-state index contributed by atoms with van der Waals surface area (Å²) in [5.41, 5.74) is -0.467. The van der Waals surface area contributed by atoms with Crippen molar-refractivity contribution in [1.29, 1.82) is 0 Å². The average Bonchev–Trinajstić information content (AvgIpc) is 2.29. The summed E-state index contributed by atoms with van der Waals surface area (Å²) in [6.07, 6.45) is 5.63. The molecule has 0 saturated heterocycles. The van der Waals surface area contributed by atoms with Gasteiger partial charge >= 0.3 is 0 Å². The maximum absolute atomic E-state index is 9.34. The third kappa shape index (κ3) is 3.44. The van der Waals surface area contributed by atoms with Gasteiger partial charge in [-0.3, -0.25) is 0 Å². The quantitative estimate of drug-likeness (QED) is 0.648. The van der Waals surface area contributed by atoms with Crippen molar-refractivity contribution in [2.45, 2.75) is 57.5 Å². The first-order valence-electron chi connectivity index (χ1n) is 6.15. The van der Waals surface area contributed by atoms with E-state index in [1.165, 1.54) is 25.7 Å². The minimum Gasteiger partial charge on any atom is -0.394 e. The van der Waals surface area contributed by atoms with Gasteiger partial charge in [-0.25, -0.2) is 0 Å². The number of aliphatic hydroxyl groups is 2. The Hall–Kier alpha value is -0.120. The molecule has 1 aliphatic carbocycles. The van der Waals surface area contributed by atoms with Crippen LogP contribution in [0.15, 0.2) is 0 Å². The molecule has 1 saturated carbocycles. The van der Waals surface area contributed by atoms with Crippen LogP contribution < -0.4 is 5.32 Å². The smallest absolute Gasteiger partial charge is 0.0647 e. The number of hydrogen-bond donors (Lipinski definition) is 3. The average molecular weight is 215 g/mol. The number of hydrogen-bond acceptors (Lipinski definition) is 3. The van der Waals surface area contributed by atoms with Gasteiger partial charge in [-0.2, -0.15) is 0 Å². The van der Waals surface area contributed by atoms with E-state index in [1.54, 1.807) is 0 Å². The highest BCUT2D eigenvalue weighted by Crippen LogP contribution is 2.25. The van der Waals surface area contributed by atoms with Gasteiger partial charge in [-0.15, -0.1) is 0 Å². The molecule has 0 atom stereocenters. The molecule has 3 nitrogen and oxygen atoms in total. The second-order valence-corrected chi connectivity index (χ2v) is 5.05. The summed E-state index contributed by atoms with van der Waals surface area (Å²) in [4.78, 5) is 0. The summed E-state index contributed by atoms with van der Waals surface area (Å²) in [7, 11) is 0. The van der Waals surface area contributed by atoms with Crippen LogP contribution in [-0.2, 0) is 0 Å². The van der Waals surface area contributed by atoms with Crippen molar-refractivity contribution in [3.63, 3.8) is 0 Å². The Bertz CT molecular complexity index is 164. The van der Waals surface area contributed by atoms with Crippen LogP contribution in [0.1, 0.15) is 46.0 Å². The molecule has 0 amide bonds. The molecule has 3 heteroatoms. The van der Waals surface area contributed by atoms with E-state index in [2.05, 4.69) is 12.2 Å². The lowest BCUT2D eigenvalue weighted by Gasteiger charge is -2.37. The van der Waals surface area contributed by atoms with Gasteiger partial charge in [0.25, 0.3) is 0 Å². The van der Waals surface area contributed by atoms with E-state index in [0.29, 0.717) is 6.04 Å². The molecule has 1 fully saturated rings. The van der Waals surface area contributed by atoms with Crippen molar-refractivity contribution in [3.8, 4) is 0 Å². The predicted molar refractivity (Wildman–Crippen MR) is 61.7 cm³/mol. The predicted octanol–water partition coefficient (Wildman–Crippen LogP) is 1.29. The summed E-state index contributed by atoms with van der Waals surface area (Å²) in [5, 5.41) is 22.1. The van der Waals surface area contributed by atoms with Crippen LogP contribution in [0.4, 0.5) is 0 Å². The highest BCUT2D eigenvalue weighted by Gasteiger charge is 2.30. The number of aliphatic hydroxyl groups excluding tert-OH is 2. The summed E-state index contributed by atoms with van der Waals surface area (Å²) in [6, 6.07) is 0.473. The summed E-state index contributed by atoms with van der Waals surface area (Å²) in [6.45, 7) is 4.34. The molecular weight excluding hydrogens is 190 g/mol. The first-order valence-corrected chi connectivity index (χ1v) is 6.15. The largest absolute Gasteiger partial charge is 0.394 e. The number of nitrogens with one attached hydrogen (secondary N) is 1. The van der Waals surface area contributed by atoms with Gasteiger partial charge in [0.2, 0.25) is 0 Å². The minimum atomic E-state index is -0.467. The molecule has 0 heterocycles. The van der Waals surface area contributed by atoms with Gasteiger partial charge in [0.15, 0.2) is 0 Å². The van der Waals surface area contributed by atoms with E-state index in [9.17, 15) is 10.2 Å². The first kappa shape index (κ1) is 12.9. The van der Waals surface area contributed by atoms with Crippen LogP contribution >= 0.6 is 0 Å². The molecule has 0 aromatic rings. The Balaban J connectivity index is 2.44. The molecule has 15 heavy (non-hydrogen) atoms. The lowest BCUT2D eigenvalue weighted by molar-refractivity contribution is 0.0702. The first-order chi connectivity index (χ1) is 7.15. The van der Waals surface area contributed by atoms with Gasteiger partial charge in [0.05, 0.1) is 18.8 Å². The highest BCUT2D eigenvalue weighted by molar-refractivity contribution is 4.90. The van der Waals surface area contributed by atoms with Crippen molar-refractivity contribution in [3.05, 3.63) is 0 Å². The van der Waals surface area contributed by atoms with Crippen molar-refractivity contribution in [2.24, 2.45) is 5.92 Å². The van der Waals surface area contributed by atoms with Crippen LogP contribution in [0.25, 0.3) is 0 Å². The second-order valence-electron chi connectivity index (χ2n) is 5.05. The molecule has 0 bridgehead atoms. The topological polar surface area (TPSA) is 52.5 Å². The zero-order valence-electron chi connectivity index (χ0n) is 10.00. The molecule has 1 aliphatic rings. The molecule has 90 valence electrons.